The maximum absolute atomic E-state index is 13.1. The number of alkyl halides is 3. The van der Waals surface area contributed by atoms with Gasteiger partial charge in [0.05, 0.1) is 35.9 Å². The molecule has 0 saturated carbocycles. The summed E-state index contributed by atoms with van der Waals surface area (Å²) in [5, 5.41) is 5.08. The van der Waals surface area contributed by atoms with Gasteiger partial charge in [0.15, 0.2) is 0 Å². The third-order valence-electron chi connectivity index (χ3n) is 4.91. The average molecular weight is 456 g/mol. The van der Waals surface area contributed by atoms with Gasteiger partial charge in [-0.15, -0.1) is 0 Å². The molecule has 0 saturated heterocycles. The van der Waals surface area contributed by atoms with E-state index in [0.717, 1.165) is 17.7 Å². The van der Waals surface area contributed by atoms with Crippen molar-refractivity contribution < 1.29 is 27.2 Å². The van der Waals surface area contributed by atoms with Gasteiger partial charge in [-0.05, 0) is 49.4 Å². The summed E-state index contributed by atoms with van der Waals surface area (Å²) < 4.78 is 46.2. The molecule has 0 bridgehead atoms. The number of aryl methyl sites for hydroxylation is 1. The molecular weight excluding hydrogens is 437 g/mol. The standard InChI is InChI=1S/C23H19F3N4O3/c1-14-4-2-5-15(10-14)21(32)27-12-20(31)29-22-28-18-11-16(23(24,25)26)7-8-19(18)30(22)13-17-6-3-9-33-17/h2-11H,12-13H2,1H3,(H,27,32)(H,28,29,31). The Morgan fingerprint density at radius 2 is 1.91 bits per heavy atom. The smallest absolute Gasteiger partial charge is 0.416 e. The molecule has 0 aliphatic heterocycles. The van der Waals surface area contributed by atoms with E-state index < -0.39 is 23.6 Å². The van der Waals surface area contributed by atoms with E-state index in [2.05, 4.69) is 15.6 Å². The Morgan fingerprint density at radius 3 is 2.61 bits per heavy atom. The number of fused-ring (bicyclic) bond motifs is 1. The van der Waals surface area contributed by atoms with Crippen LogP contribution in [0.5, 0.6) is 0 Å². The first kappa shape index (κ1) is 22.1. The summed E-state index contributed by atoms with van der Waals surface area (Å²) in [6.07, 6.45) is -3.06. The topological polar surface area (TPSA) is 89.2 Å². The molecule has 0 fully saturated rings. The number of aromatic nitrogens is 2. The summed E-state index contributed by atoms with van der Waals surface area (Å²) in [6, 6.07) is 13.4. The van der Waals surface area contributed by atoms with E-state index >= 15 is 0 Å². The van der Waals surface area contributed by atoms with Crippen LogP contribution in [0, 0.1) is 6.92 Å². The molecule has 0 aliphatic rings. The van der Waals surface area contributed by atoms with E-state index in [1.54, 1.807) is 30.3 Å². The summed E-state index contributed by atoms with van der Waals surface area (Å²) in [7, 11) is 0. The Kier molecular flexibility index (Phi) is 5.91. The number of anilines is 1. The van der Waals surface area contributed by atoms with Crippen molar-refractivity contribution in [3.05, 3.63) is 83.3 Å². The molecule has 0 aliphatic carbocycles. The number of nitrogens with zero attached hydrogens (tertiary/aromatic N) is 2. The van der Waals surface area contributed by atoms with Gasteiger partial charge in [-0.25, -0.2) is 4.98 Å². The van der Waals surface area contributed by atoms with Gasteiger partial charge in [-0.3, -0.25) is 14.9 Å². The second kappa shape index (κ2) is 8.81. The van der Waals surface area contributed by atoms with Gasteiger partial charge < -0.3 is 14.3 Å². The lowest BCUT2D eigenvalue weighted by Gasteiger charge is -2.10. The zero-order valence-electron chi connectivity index (χ0n) is 17.4. The number of benzene rings is 2. The molecule has 0 spiro atoms. The number of amides is 2. The number of hydrogen-bond acceptors (Lipinski definition) is 4. The van der Waals surface area contributed by atoms with E-state index in [9.17, 15) is 22.8 Å². The minimum absolute atomic E-state index is 0.0375. The van der Waals surface area contributed by atoms with Crippen LogP contribution in [0.2, 0.25) is 0 Å². The van der Waals surface area contributed by atoms with Crippen molar-refractivity contribution in [1.29, 1.82) is 0 Å². The van der Waals surface area contributed by atoms with E-state index in [1.165, 1.54) is 16.9 Å². The molecule has 33 heavy (non-hydrogen) atoms. The molecule has 10 heteroatoms. The normalized spacial score (nSPS) is 11.5. The van der Waals surface area contributed by atoms with Gasteiger partial charge in [0.2, 0.25) is 11.9 Å². The molecule has 2 amide bonds. The molecule has 0 unspecified atom stereocenters. The number of carbonyl (C=O) groups excluding carboxylic acids is 2. The number of hydrogen-bond donors (Lipinski definition) is 2. The molecule has 2 aromatic heterocycles. The van der Waals surface area contributed by atoms with Gasteiger partial charge >= 0.3 is 6.18 Å². The molecular formula is C23H19F3N4O3. The van der Waals surface area contributed by atoms with Crippen molar-refractivity contribution in [2.24, 2.45) is 0 Å². The van der Waals surface area contributed by atoms with Crippen LogP contribution in [0.3, 0.4) is 0 Å². The number of furan rings is 1. The summed E-state index contributed by atoms with van der Waals surface area (Å²) >= 11 is 0. The molecule has 2 aromatic carbocycles. The lowest BCUT2D eigenvalue weighted by atomic mass is 10.1. The third kappa shape index (κ3) is 5.05. The van der Waals surface area contributed by atoms with Crippen LogP contribution in [0.1, 0.15) is 27.2 Å². The van der Waals surface area contributed by atoms with E-state index in [1.807, 2.05) is 13.0 Å². The third-order valence-corrected chi connectivity index (χ3v) is 4.91. The van der Waals surface area contributed by atoms with E-state index in [-0.39, 0.29) is 24.6 Å². The van der Waals surface area contributed by atoms with Crippen molar-refractivity contribution in [1.82, 2.24) is 14.9 Å². The fourth-order valence-electron chi connectivity index (χ4n) is 3.34. The molecule has 7 nitrogen and oxygen atoms in total. The zero-order valence-corrected chi connectivity index (χ0v) is 17.4. The Labute approximate surface area is 186 Å². The molecule has 0 atom stereocenters. The highest BCUT2D eigenvalue weighted by Crippen LogP contribution is 2.32. The second-order valence-corrected chi connectivity index (χ2v) is 7.40. The van der Waals surface area contributed by atoms with Crippen molar-refractivity contribution in [2.45, 2.75) is 19.6 Å². The van der Waals surface area contributed by atoms with Crippen molar-refractivity contribution in [3.8, 4) is 0 Å². The van der Waals surface area contributed by atoms with Crippen LogP contribution in [-0.2, 0) is 17.5 Å². The highest BCUT2D eigenvalue weighted by molar-refractivity contribution is 5.99. The first-order chi connectivity index (χ1) is 15.7. The average Bonchev–Trinajstić information content (AvgIpc) is 3.39. The summed E-state index contributed by atoms with van der Waals surface area (Å²) in [5.41, 5.74) is 0.916. The van der Waals surface area contributed by atoms with Crippen molar-refractivity contribution in [2.75, 3.05) is 11.9 Å². The first-order valence-corrected chi connectivity index (χ1v) is 9.95. The molecule has 4 aromatic rings. The van der Waals surface area contributed by atoms with Crippen LogP contribution in [0.25, 0.3) is 11.0 Å². The number of nitrogens with one attached hydrogen (secondary N) is 2. The molecule has 170 valence electrons. The highest BCUT2D eigenvalue weighted by Gasteiger charge is 2.31. The van der Waals surface area contributed by atoms with Crippen LogP contribution >= 0.6 is 0 Å². The summed E-state index contributed by atoms with van der Waals surface area (Å²) in [6.45, 7) is 1.64. The zero-order chi connectivity index (χ0) is 23.6. The predicted molar refractivity (Wildman–Crippen MR) is 115 cm³/mol. The van der Waals surface area contributed by atoms with Crippen LogP contribution in [0.4, 0.5) is 19.1 Å². The number of imidazole rings is 1. The van der Waals surface area contributed by atoms with E-state index in [4.69, 9.17) is 4.42 Å². The quantitative estimate of drug-likeness (QED) is 0.451. The maximum atomic E-state index is 13.1. The fraction of sp³-hybridized carbons (Fsp3) is 0.174. The number of halogens is 3. The van der Waals surface area contributed by atoms with E-state index in [0.29, 0.717) is 16.8 Å². The Morgan fingerprint density at radius 1 is 1.09 bits per heavy atom. The minimum Gasteiger partial charge on any atom is -0.467 e. The lowest BCUT2D eigenvalue weighted by molar-refractivity contribution is -0.137. The lowest BCUT2D eigenvalue weighted by Crippen LogP contribution is -2.33. The number of carbonyl (C=O) groups is 2. The Balaban J connectivity index is 1.56. The maximum Gasteiger partial charge on any atom is 0.416 e. The van der Waals surface area contributed by atoms with Gasteiger partial charge in [0, 0.05) is 5.56 Å². The van der Waals surface area contributed by atoms with Crippen molar-refractivity contribution in [3.63, 3.8) is 0 Å². The second-order valence-electron chi connectivity index (χ2n) is 7.40. The summed E-state index contributed by atoms with van der Waals surface area (Å²) in [4.78, 5) is 28.9. The Bertz CT molecular complexity index is 1310. The SMILES string of the molecule is Cc1cccc(C(=O)NCC(=O)Nc2nc3cc(C(F)(F)F)ccc3n2Cc2ccco2)c1. The largest absolute Gasteiger partial charge is 0.467 e. The Hall–Kier alpha value is -4.08. The fourth-order valence-corrected chi connectivity index (χ4v) is 3.34. The minimum atomic E-state index is -4.53. The first-order valence-electron chi connectivity index (χ1n) is 9.95. The van der Waals surface area contributed by atoms with Crippen molar-refractivity contribution >= 4 is 28.8 Å². The van der Waals surface area contributed by atoms with Crippen LogP contribution in [-0.4, -0.2) is 27.9 Å². The van der Waals surface area contributed by atoms with Gasteiger partial charge in [-0.2, -0.15) is 13.2 Å². The molecule has 0 radical (unpaired) electrons. The number of rotatable bonds is 6. The molecule has 2 N–H and O–H groups in total. The van der Waals surface area contributed by atoms with Gasteiger partial charge in [0.25, 0.3) is 5.91 Å². The molecule has 4 rings (SSSR count). The predicted octanol–water partition coefficient (Wildman–Crippen LogP) is 4.37. The molecule has 2 heterocycles. The van der Waals surface area contributed by atoms with Crippen LogP contribution in [0.15, 0.2) is 65.3 Å². The van der Waals surface area contributed by atoms with Crippen LogP contribution < -0.4 is 10.6 Å². The van der Waals surface area contributed by atoms with Gasteiger partial charge in [-0.1, -0.05) is 17.7 Å². The van der Waals surface area contributed by atoms with Gasteiger partial charge in [0.1, 0.15) is 5.76 Å². The monoisotopic (exact) mass is 456 g/mol. The highest BCUT2D eigenvalue weighted by atomic mass is 19.4. The summed E-state index contributed by atoms with van der Waals surface area (Å²) in [5.74, 6) is -0.441.